The van der Waals surface area contributed by atoms with Gasteiger partial charge in [0.15, 0.2) is 0 Å². The first-order chi connectivity index (χ1) is 9.43. The van der Waals surface area contributed by atoms with Crippen LogP contribution in [0.3, 0.4) is 0 Å². The van der Waals surface area contributed by atoms with Crippen LogP contribution in [-0.2, 0) is 0 Å². The fraction of sp³-hybridized carbons (Fsp3) is 0.625. The third kappa shape index (κ3) is 3.11. The molecule has 0 bridgehead atoms. The predicted octanol–water partition coefficient (Wildman–Crippen LogP) is 3.02. The Hall–Kier alpha value is -1.58. The third-order valence-electron chi connectivity index (χ3n) is 4.33. The number of piperidine rings is 1. The van der Waals surface area contributed by atoms with E-state index in [1.165, 1.54) is 0 Å². The maximum Gasteiger partial charge on any atom is 0.257 e. The second kappa shape index (κ2) is 5.81. The molecule has 2 rings (SSSR count). The lowest BCUT2D eigenvalue weighted by Crippen LogP contribution is -2.41. The lowest BCUT2D eigenvalue weighted by atomic mass is 9.75. The van der Waals surface area contributed by atoms with Crippen molar-refractivity contribution in [2.45, 2.75) is 33.6 Å². The minimum Gasteiger partial charge on any atom is -0.387 e. The monoisotopic (exact) mass is 275 g/mol. The molecule has 0 spiro atoms. The zero-order valence-electron chi connectivity index (χ0n) is 12.9. The minimum atomic E-state index is 0.0924. The summed E-state index contributed by atoms with van der Waals surface area (Å²) < 4.78 is 0. The van der Waals surface area contributed by atoms with Gasteiger partial charge < -0.3 is 10.2 Å². The van der Waals surface area contributed by atoms with Crippen LogP contribution in [0.15, 0.2) is 18.5 Å². The highest BCUT2D eigenvalue weighted by molar-refractivity contribution is 5.99. The van der Waals surface area contributed by atoms with Crippen LogP contribution < -0.4 is 5.32 Å². The van der Waals surface area contributed by atoms with Gasteiger partial charge in [-0.1, -0.05) is 20.8 Å². The first-order valence-electron chi connectivity index (χ1n) is 7.34. The van der Waals surface area contributed by atoms with Crippen molar-refractivity contribution < 1.29 is 4.79 Å². The molecule has 1 amide bonds. The van der Waals surface area contributed by atoms with Crippen molar-refractivity contribution in [3.8, 4) is 0 Å². The maximum absolute atomic E-state index is 12.6. The number of amides is 1. The smallest absolute Gasteiger partial charge is 0.257 e. The van der Waals surface area contributed by atoms with Crippen molar-refractivity contribution in [2.75, 3.05) is 25.5 Å². The summed E-state index contributed by atoms with van der Waals surface area (Å²) in [7, 11) is 1.83. The number of pyridine rings is 1. The van der Waals surface area contributed by atoms with Crippen molar-refractivity contribution in [1.29, 1.82) is 0 Å². The van der Waals surface area contributed by atoms with Crippen molar-refractivity contribution in [3.05, 3.63) is 24.0 Å². The largest absolute Gasteiger partial charge is 0.387 e. The molecule has 1 N–H and O–H groups in total. The molecule has 0 aliphatic carbocycles. The molecule has 1 aliphatic rings. The van der Waals surface area contributed by atoms with Gasteiger partial charge in [-0.25, -0.2) is 0 Å². The number of hydrogen-bond acceptors (Lipinski definition) is 3. The zero-order valence-corrected chi connectivity index (χ0v) is 12.9. The van der Waals surface area contributed by atoms with Gasteiger partial charge in [-0.3, -0.25) is 9.78 Å². The average molecular weight is 275 g/mol. The Bertz CT molecular complexity index is 471. The van der Waals surface area contributed by atoms with E-state index in [0.29, 0.717) is 16.9 Å². The van der Waals surface area contributed by atoms with Gasteiger partial charge in [-0.15, -0.1) is 0 Å². The summed E-state index contributed by atoms with van der Waals surface area (Å²) in [5.74, 6) is 0.791. The number of anilines is 1. The molecule has 0 unspecified atom stereocenters. The Morgan fingerprint density at radius 3 is 2.55 bits per heavy atom. The van der Waals surface area contributed by atoms with E-state index in [-0.39, 0.29) is 5.91 Å². The molecule has 4 heteroatoms. The van der Waals surface area contributed by atoms with Gasteiger partial charge in [0.1, 0.15) is 0 Å². The molecular weight excluding hydrogens is 250 g/mol. The lowest BCUT2D eigenvalue weighted by Gasteiger charge is -2.38. The van der Waals surface area contributed by atoms with Gasteiger partial charge in [0.05, 0.1) is 5.56 Å². The lowest BCUT2D eigenvalue weighted by molar-refractivity contribution is 0.0609. The Morgan fingerprint density at radius 1 is 1.35 bits per heavy atom. The van der Waals surface area contributed by atoms with Crippen LogP contribution in [0.25, 0.3) is 0 Å². The summed E-state index contributed by atoms with van der Waals surface area (Å²) >= 11 is 0. The number of carbonyl (C=O) groups is 1. The van der Waals surface area contributed by atoms with Crippen LogP contribution in [0, 0.1) is 11.3 Å². The average Bonchev–Trinajstić information content (AvgIpc) is 2.45. The minimum absolute atomic E-state index is 0.0924. The van der Waals surface area contributed by atoms with Gasteiger partial charge in [0.25, 0.3) is 5.91 Å². The van der Waals surface area contributed by atoms with E-state index in [9.17, 15) is 4.79 Å². The van der Waals surface area contributed by atoms with Crippen LogP contribution in [0.2, 0.25) is 0 Å². The summed E-state index contributed by atoms with van der Waals surface area (Å²) in [6.45, 7) is 8.55. The number of aromatic nitrogens is 1. The Labute approximate surface area is 121 Å². The second-order valence-corrected chi connectivity index (χ2v) is 6.60. The standard InChI is InChI=1S/C16H25N3O/c1-16(2,3)12-6-9-19(10-7-12)15(20)13-11-18-8-5-14(13)17-4/h5,8,11-12H,6-7,9-10H2,1-4H3,(H,17,18). The number of carbonyl (C=O) groups excluding carboxylic acids is 1. The van der Waals surface area contributed by atoms with Crippen LogP contribution in [0.5, 0.6) is 0 Å². The topological polar surface area (TPSA) is 45.2 Å². The molecule has 110 valence electrons. The summed E-state index contributed by atoms with van der Waals surface area (Å²) in [6.07, 6.45) is 5.53. The Morgan fingerprint density at radius 2 is 2.00 bits per heavy atom. The molecule has 1 aliphatic heterocycles. The quantitative estimate of drug-likeness (QED) is 0.902. The molecule has 1 saturated heterocycles. The zero-order chi connectivity index (χ0) is 14.8. The fourth-order valence-corrected chi connectivity index (χ4v) is 2.90. The van der Waals surface area contributed by atoms with Gasteiger partial charge in [0, 0.05) is 38.2 Å². The van der Waals surface area contributed by atoms with E-state index in [2.05, 4.69) is 31.1 Å². The number of likely N-dealkylation sites (tertiary alicyclic amines) is 1. The normalized spacial score (nSPS) is 17.1. The van der Waals surface area contributed by atoms with Crippen LogP contribution >= 0.6 is 0 Å². The molecule has 2 heterocycles. The van der Waals surface area contributed by atoms with Gasteiger partial charge in [0.2, 0.25) is 0 Å². The van der Waals surface area contributed by atoms with Crippen molar-refractivity contribution in [1.82, 2.24) is 9.88 Å². The first-order valence-corrected chi connectivity index (χ1v) is 7.34. The van der Waals surface area contributed by atoms with Crippen molar-refractivity contribution >= 4 is 11.6 Å². The molecular formula is C16H25N3O. The van der Waals surface area contributed by atoms with E-state index in [0.717, 1.165) is 31.6 Å². The first kappa shape index (κ1) is 14.8. The molecule has 0 saturated carbocycles. The summed E-state index contributed by atoms with van der Waals surface area (Å²) in [5.41, 5.74) is 1.85. The van der Waals surface area contributed by atoms with Gasteiger partial charge in [-0.05, 0) is 30.2 Å². The van der Waals surface area contributed by atoms with E-state index >= 15 is 0 Å². The molecule has 0 radical (unpaired) electrons. The number of rotatable bonds is 2. The fourth-order valence-electron chi connectivity index (χ4n) is 2.90. The molecule has 20 heavy (non-hydrogen) atoms. The highest BCUT2D eigenvalue weighted by Crippen LogP contribution is 2.34. The number of hydrogen-bond donors (Lipinski definition) is 1. The predicted molar refractivity (Wildman–Crippen MR) is 81.9 cm³/mol. The van der Waals surface area contributed by atoms with E-state index < -0.39 is 0 Å². The molecule has 1 aromatic heterocycles. The molecule has 0 atom stereocenters. The molecule has 4 nitrogen and oxygen atoms in total. The van der Waals surface area contributed by atoms with Crippen molar-refractivity contribution in [3.63, 3.8) is 0 Å². The molecule has 0 aromatic carbocycles. The van der Waals surface area contributed by atoms with Crippen molar-refractivity contribution in [2.24, 2.45) is 11.3 Å². The molecule has 1 aromatic rings. The summed E-state index contributed by atoms with van der Waals surface area (Å²) in [5, 5.41) is 3.06. The third-order valence-corrected chi connectivity index (χ3v) is 4.33. The van der Waals surface area contributed by atoms with E-state index in [1.807, 2.05) is 18.0 Å². The van der Waals surface area contributed by atoms with E-state index in [1.54, 1.807) is 12.4 Å². The van der Waals surface area contributed by atoms with Gasteiger partial charge in [-0.2, -0.15) is 0 Å². The van der Waals surface area contributed by atoms with E-state index in [4.69, 9.17) is 0 Å². The van der Waals surface area contributed by atoms with Crippen LogP contribution in [0.4, 0.5) is 5.69 Å². The van der Waals surface area contributed by atoms with Crippen LogP contribution in [-0.4, -0.2) is 35.9 Å². The SMILES string of the molecule is CNc1ccncc1C(=O)N1CCC(C(C)(C)C)CC1. The highest BCUT2D eigenvalue weighted by Gasteiger charge is 2.31. The highest BCUT2D eigenvalue weighted by atomic mass is 16.2. The summed E-state index contributed by atoms with van der Waals surface area (Å²) in [6, 6.07) is 1.84. The Kier molecular flexibility index (Phi) is 4.31. The second-order valence-electron chi connectivity index (χ2n) is 6.60. The van der Waals surface area contributed by atoms with Crippen LogP contribution in [0.1, 0.15) is 44.0 Å². The maximum atomic E-state index is 12.6. The van der Waals surface area contributed by atoms with Gasteiger partial charge >= 0.3 is 0 Å². The summed E-state index contributed by atoms with van der Waals surface area (Å²) in [4.78, 5) is 18.6. The molecule has 1 fully saturated rings. The number of nitrogens with one attached hydrogen (secondary N) is 1. The number of nitrogens with zero attached hydrogens (tertiary/aromatic N) is 2. The Balaban J connectivity index is 2.05.